The van der Waals surface area contributed by atoms with Crippen LogP contribution in [0.15, 0.2) is 53.3 Å². The molecule has 1 saturated heterocycles. The van der Waals surface area contributed by atoms with Gasteiger partial charge in [-0.2, -0.15) is 10.5 Å². The van der Waals surface area contributed by atoms with E-state index in [-0.39, 0.29) is 6.17 Å². The van der Waals surface area contributed by atoms with Gasteiger partial charge in [0.05, 0.1) is 32.1 Å². The number of aromatic nitrogens is 1. The molecule has 0 saturated carbocycles. The molecule has 2 aliphatic rings. The fourth-order valence-corrected chi connectivity index (χ4v) is 5.89. The third-order valence-corrected chi connectivity index (χ3v) is 7.99. The zero-order chi connectivity index (χ0) is 24.1. The molecule has 34 heavy (non-hydrogen) atoms. The number of nitriles is 2. The molecule has 1 unspecified atom stereocenters. The van der Waals surface area contributed by atoms with Crippen molar-refractivity contribution in [2.24, 2.45) is 10.9 Å². The van der Waals surface area contributed by atoms with E-state index < -0.39 is 7.26 Å². The number of nitrogens with one attached hydrogen (secondary N) is 1. The van der Waals surface area contributed by atoms with Crippen LogP contribution < -0.4 is 10.1 Å². The summed E-state index contributed by atoms with van der Waals surface area (Å²) in [4.78, 5) is 11.6. The number of hydrogen-bond donors (Lipinski definition) is 1. The highest BCUT2D eigenvalue weighted by Crippen LogP contribution is 2.50. The van der Waals surface area contributed by atoms with Crippen molar-refractivity contribution in [2.75, 3.05) is 39.8 Å². The lowest BCUT2D eigenvalue weighted by Gasteiger charge is -2.36. The predicted molar refractivity (Wildman–Crippen MR) is 137 cm³/mol. The van der Waals surface area contributed by atoms with Crippen LogP contribution in [-0.2, 0) is 0 Å². The lowest BCUT2D eigenvalue weighted by molar-refractivity contribution is 0.221. The van der Waals surface area contributed by atoms with Gasteiger partial charge in [0.25, 0.3) is 0 Å². The Balaban J connectivity index is 1.61. The molecule has 0 amide bonds. The van der Waals surface area contributed by atoms with Gasteiger partial charge >= 0.3 is 0 Å². The minimum atomic E-state index is -1.53. The van der Waals surface area contributed by atoms with E-state index in [4.69, 9.17) is 9.73 Å². The SMILES string of the molecule is COc1ccc(C2N=CC(c3cccc(C#N)c3)=C(C3CCN(C[P+](C)(C)C#N)CC3)N2)cn1. The summed E-state index contributed by atoms with van der Waals surface area (Å²) >= 11 is 0. The number of likely N-dealkylation sites (tertiary alicyclic amines) is 1. The van der Waals surface area contributed by atoms with Crippen molar-refractivity contribution >= 4 is 19.1 Å². The first-order valence-electron chi connectivity index (χ1n) is 11.4. The molecule has 0 radical (unpaired) electrons. The molecule has 1 fully saturated rings. The highest BCUT2D eigenvalue weighted by molar-refractivity contribution is 7.78. The molecule has 7 nitrogen and oxygen atoms in total. The van der Waals surface area contributed by atoms with Gasteiger partial charge in [-0.1, -0.05) is 12.1 Å². The van der Waals surface area contributed by atoms with Crippen LogP contribution in [0.3, 0.4) is 0 Å². The Bertz CT molecular complexity index is 1170. The van der Waals surface area contributed by atoms with E-state index in [0.717, 1.165) is 48.9 Å². The Hall–Kier alpha value is -3.25. The predicted octanol–water partition coefficient (Wildman–Crippen LogP) is 4.47. The number of rotatable bonds is 6. The van der Waals surface area contributed by atoms with Crippen molar-refractivity contribution in [1.29, 1.82) is 10.5 Å². The Morgan fingerprint density at radius 2 is 1.97 bits per heavy atom. The van der Waals surface area contributed by atoms with Gasteiger partial charge in [0.2, 0.25) is 11.7 Å². The number of benzene rings is 1. The number of allylic oxidation sites excluding steroid dienone is 2. The monoisotopic (exact) mass is 473 g/mol. The van der Waals surface area contributed by atoms with Crippen LogP contribution in [0.5, 0.6) is 5.88 Å². The van der Waals surface area contributed by atoms with Crippen LogP contribution in [0.4, 0.5) is 0 Å². The summed E-state index contributed by atoms with van der Waals surface area (Å²) in [5.41, 5.74) is 4.81. The maximum Gasteiger partial charge on any atom is 0.239 e. The average molecular weight is 474 g/mol. The Kier molecular flexibility index (Phi) is 7.27. The van der Waals surface area contributed by atoms with Crippen molar-refractivity contribution in [3.63, 3.8) is 0 Å². The third-order valence-electron chi connectivity index (χ3n) is 6.34. The molecule has 1 aromatic heterocycles. The van der Waals surface area contributed by atoms with Gasteiger partial charge in [-0.3, -0.25) is 9.89 Å². The maximum atomic E-state index is 9.46. The average Bonchev–Trinajstić information content (AvgIpc) is 2.88. The molecule has 4 rings (SSSR count). The van der Waals surface area contributed by atoms with Crippen LogP contribution in [0.1, 0.15) is 35.7 Å². The molecule has 3 heterocycles. The molecule has 1 N–H and O–H groups in total. The molecular weight excluding hydrogens is 443 g/mol. The zero-order valence-electron chi connectivity index (χ0n) is 19.9. The number of ether oxygens (including phenoxy) is 1. The van der Waals surface area contributed by atoms with E-state index in [1.807, 2.05) is 42.6 Å². The van der Waals surface area contributed by atoms with Crippen molar-refractivity contribution in [3.05, 3.63) is 65.0 Å². The van der Waals surface area contributed by atoms with Crippen molar-refractivity contribution in [3.8, 4) is 17.8 Å². The van der Waals surface area contributed by atoms with Gasteiger partial charge < -0.3 is 10.1 Å². The Morgan fingerprint density at radius 3 is 2.62 bits per heavy atom. The molecular formula is C26H30N6OP+. The Morgan fingerprint density at radius 1 is 1.18 bits per heavy atom. The fraction of sp³-hybridized carbons (Fsp3) is 0.385. The standard InChI is InChI=1S/C26H30N6OP/c1-33-24-8-7-22(15-29-24)26-30-16-23(21-6-4-5-19(13-21)14-27)25(31-26)20-9-11-32(12-10-20)18-34(2,3)17-28/h4-8,13,15-16,20,26,31H,9-12,18H2,1-3H3/q+1. The van der Waals surface area contributed by atoms with Crippen LogP contribution in [0.2, 0.25) is 0 Å². The van der Waals surface area contributed by atoms with Crippen molar-refractivity contribution in [1.82, 2.24) is 15.2 Å². The van der Waals surface area contributed by atoms with E-state index in [0.29, 0.717) is 17.4 Å². The minimum Gasteiger partial charge on any atom is -0.481 e. The number of piperidine rings is 1. The van der Waals surface area contributed by atoms with Crippen LogP contribution >= 0.6 is 7.26 Å². The lowest BCUT2D eigenvalue weighted by atomic mass is 9.87. The maximum absolute atomic E-state index is 9.46. The van der Waals surface area contributed by atoms with Crippen molar-refractivity contribution in [2.45, 2.75) is 19.0 Å². The lowest BCUT2D eigenvalue weighted by Crippen LogP contribution is -2.39. The van der Waals surface area contributed by atoms with Gasteiger partial charge in [-0.05, 0) is 36.6 Å². The van der Waals surface area contributed by atoms with Gasteiger partial charge in [0.1, 0.15) is 19.7 Å². The summed E-state index contributed by atoms with van der Waals surface area (Å²) < 4.78 is 5.19. The molecule has 1 aromatic carbocycles. The second-order valence-electron chi connectivity index (χ2n) is 9.30. The van der Waals surface area contributed by atoms with E-state index in [1.165, 1.54) is 5.70 Å². The largest absolute Gasteiger partial charge is 0.481 e. The highest BCUT2D eigenvalue weighted by Gasteiger charge is 2.33. The first-order chi connectivity index (χ1) is 16.4. The van der Waals surface area contributed by atoms with Crippen molar-refractivity contribution < 1.29 is 4.74 Å². The van der Waals surface area contributed by atoms with E-state index >= 15 is 0 Å². The van der Waals surface area contributed by atoms with E-state index in [2.05, 4.69) is 40.4 Å². The summed E-state index contributed by atoms with van der Waals surface area (Å²) in [6, 6.07) is 13.8. The number of nitrogens with zero attached hydrogens (tertiary/aromatic N) is 5. The minimum absolute atomic E-state index is 0.224. The summed E-state index contributed by atoms with van der Waals surface area (Å²) in [6.45, 7) is 6.15. The number of pyridine rings is 1. The molecule has 174 valence electrons. The summed E-state index contributed by atoms with van der Waals surface area (Å²) in [7, 11) is 0.0699. The van der Waals surface area contributed by atoms with Gasteiger partial charge in [-0.15, -0.1) is 0 Å². The van der Waals surface area contributed by atoms with Gasteiger partial charge in [0.15, 0.2) is 0 Å². The van der Waals surface area contributed by atoms with Gasteiger partial charge in [0, 0.05) is 54.3 Å². The Labute approximate surface area is 202 Å². The highest BCUT2D eigenvalue weighted by atomic mass is 31.2. The molecule has 0 aliphatic carbocycles. The quantitative estimate of drug-likeness (QED) is 0.622. The second kappa shape index (κ2) is 10.3. The molecule has 0 spiro atoms. The molecule has 1 atom stereocenters. The molecule has 8 heteroatoms. The third kappa shape index (κ3) is 5.45. The zero-order valence-corrected chi connectivity index (χ0v) is 20.8. The topological polar surface area (TPSA) is 97.3 Å². The number of aliphatic imine (C=N–C) groups is 1. The molecule has 2 aromatic rings. The summed E-state index contributed by atoms with van der Waals surface area (Å²) in [5.74, 6) is 3.44. The first kappa shape index (κ1) is 23.9. The smallest absolute Gasteiger partial charge is 0.239 e. The van der Waals surface area contributed by atoms with Crippen LogP contribution in [-0.4, -0.2) is 55.9 Å². The van der Waals surface area contributed by atoms with E-state index in [1.54, 1.807) is 13.3 Å². The second-order valence-corrected chi connectivity index (χ2v) is 13.2. The number of methoxy groups -OCH3 is 1. The number of hydrogen-bond acceptors (Lipinski definition) is 7. The van der Waals surface area contributed by atoms with Crippen LogP contribution in [0.25, 0.3) is 5.57 Å². The fourth-order valence-electron chi connectivity index (χ4n) is 4.54. The first-order valence-corrected chi connectivity index (χ1v) is 14.3. The summed E-state index contributed by atoms with van der Waals surface area (Å²) in [5, 5.41) is 22.5. The van der Waals surface area contributed by atoms with Gasteiger partial charge in [-0.25, -0.2) is 4.98 Å². The van der Waals surface area contributed by atoms with E-state index in [9.17, 15) is 10.5 Å². The molecule has 0 bridgehead atoms. The normalized spacial score (nSPS) is 19.3. The van der Waals surface area contributed by atoms with Crippen LogP contribution in [0, 0.1) is 28.3 Å². The summed E-state index contributed by atoms with van der Waals surface area (Å²) in [6.07, 6.45) is 6.42. The molecule has 2 aliphatic heterocycles.